The largest absolute Gasteiger partial charge is 0.496 e. The number of methoxy groups -OCH3 is 3. The molecular formula is C19H17FN2O4S. The predicted molar refractivity (Wildman–Crippen MR) is 103 cm³/mol. The molecule has 0 aliphatic carbocycles. The normalized spacial score (nSPS) is 16.5. The standard InChI is InChI=1S/C19H17FN2O4S/c1-24-14-10-16(26-3)15(25-2)8-11(14)9-17-18(23)22-19(27-17)21-13-6-4-12(20)5-7-13/h4-10H,1-3H3,(H,21,22,23)/b17-9+. The zero-order chi connectivity index (χ0) is 19.4. The van der Waals surface area contributed by atoms with E-state index in [4.69, 9.17) is 14.2 Å². The van der Waals surface area contributed by atoms with E-state index in [9.17, 15) is 9.18 Å². The summed E-state index contributed by atoms with van der Waals surface area (Å²) < 4.78 is 28.9. The van der Waals surface area contributed by atoms with Gasteiger partial charge in [-0.1, -0.05) is 0 Å². The van der Waals surface area contributed by atoms with E-state index in [1.54, 1.807) is 18.2 Å². The number of hydrogen-bond acceptors (Lipinski definition) is 6. The first-order valence-corrected chi connectivity index (χ1v) is 8.71. The van der Waals surface area contributed by atoms with Gasteiger partial charge in [0, 0.05) is 11.6 Å². The average molecular weight is 388 g/mol. The van der Waals surface area contributed by atoms with Gasteiger partial charge in [-0.2, -0.15) is 0 Å². The summed E-state index contributed by atoms with van der Waals surface area (Å²) in [6.45, 7) is 0. The molecule has 0 bridgehead atoms. The Hall–Kier alpha value is -3.00. The second kappa shape index (κ2) is 8.13. The van der Waals surface area contributed by atoms with Crippen LogP contribution in [0.2, 0.25) is 0 Å². The molecule has 0 atom stereocenters. The van der Waals surface area contributed by atoms with Crippen molar-refractivity contribution in [2.24, 2.45) is 4.99 Å². The number of halogens is 1. The topological polar surface area (TPSA) is 69.2 Å². The lowest BCUT2D eigenvalue weighted by Gasteiger charge is -2.12. The van der Waals surface area contributed by atoms with E-state index >= 15 is 0 Å². The van der Waals surface area contributed by atoms with Gasteiger partial charge in [0.25, 0.3) is 5.91 Å². The summed E-state index contributed by atoms with van der Waals surface area (Å²) in [6.07, 6.45) is 1.69. The summed E-state index contributed by atoms with van der Waals surface area (Å²) in [4.78, 5) is 17.0. The molecule has 2 aromatic carbocycles. The molecule has 0 saturated carbocycles. The number of ether oxygens (including phenoxy) is 3. The molecule has 0 radical (unpaired) electrons. The maximum atomic E-state index is 13.0. The third kappa shape index (κ3) is 4.22. The highest BCUT2D eigenvalue weighted by molar-refractivity contribution is 8.18. The van der Waals surface area contributed by atoms with Crippen molar-refractivity contribution >= 4 is 34.6 Å². The van der Waals surface area contributed by atoms with Crippen molar-refractivity contribution in [3.05, 3.63) is 52.7 Å². The minimum Gasteiger partial charge on any atom is -0.496 e. The van der Waals surface area contributed by atoms with Crippen LogP contribution in [0, 0.1) is 5.82 Å². The Morgan fingerprint density at radius 3 is 2.26 bits per heavy atom. The van der Waals surface area contributed by atoms with Gasteiger partial charge in [-0.3, -0.25) is 4.79 Å². The Balaban J connectivity index is 1.91. The third-order valence-electron chi connectivity index (χ3n) is 3.73. The van der Waals surface area contributed by atoms with Gasteiger partial charge in [0.15, 0.2) is 16.7 Å². The molecule has 1 amide bonds. The van der Waals surface area contributed by atoms with Gasteiger partial charge in [-0.05, 0) is 48.2 Å². The van der Waals surface area contributed by atoms with Crippen molar-refractivity contribution < 1.29 is 23.4 Å². The van der Waals surface area contributed by atoms with Crippen LogP contribution in [0.5, 0.6) is 17.2 Å². The Bertz CT molecular complexity index is 926. The molecule has 8 heteroatoms. The molecule has 0 unspecified atom stereocenters. The van der Waals surface area contributed by atoms with Crippen molar-refractivity contribution in [2.45, 2.75) is 0 Å². The van der Waals surface area contributed by atoms with Crippen molar-refractivity contribution in [2.75, 3.05) is 21.3 Å². The fraction of sp³-hybridized carbons (Fsp3) is 0.158. The Morgan fingerprint density at radius 1 is 1.00 bits per heavy atom. The summed E-state index contributed by atoms with van der Waals surface area (Å²) in [7, 11) is 4.60. The molecule has 3 rings (SSSR count). The van der Waals surface area contributed by atoms with Crippen LogP contribution < -0.4 is 19.5 Å². The number of benzene rings is 2. The number of amidine groups is 1. The predicted octanol–water partition coefficient (Wildman–Crippen LogP) is 3.74. The summed E-state index contributed by atoms with van der Waals surface area (Å²) in [6, 6.07) is 9.12. The first-order valence-electron chi connectivity index (χ1n) is 7.89. The van der Waals surface area contributed by atoms with Crippen LogP contribution in [-0.2, 0) is 4.79 Å². The Labute approximate surface area is 160 Å². The molecule has 0 spiro atoms. The van der Waals surface area contributed by atoms with E-state index < -0.39 is 0 Å². The molecule has 1 aliphatic rings. The number of amides is 1. The second-order valence-electron chi connectivity index (χ2n) is 5.41. The molecule has 27 heavy (non-hydrogen) atoms. The Kier molecular flexibility index (Phi) is 5.66. The monoisotopic (exact) mass is 388 g/mol. The number of thioether (sulfide) groups is 1. The van der Waals surface area contributed by atoms with Gasteiger partial charge in [0.1, 0.15) is 11.6 Å². The number of nitrogens with one attached hydrogen (secondary N) is 1. The average Bonchev–Trinajstić information content (AvgIpc) is 3.02. The fourth-order valence-electron chi connectivity index (χ4n) is 2.42. The fourth-order valence-corrected chi connectivity index (χ4v) is 3.25. The van der Waals surface area contributed by atoms with E-state index in [2.05, 4.69) is 10.3 Å². The molecule has 1 saturated heterocycles. The maximum Gasteiger partial charge on any atom is 0.264 e. The second-order valence-corrected chi connectivity index (χ2v) is 6.44. The smallest absolute Gasteiger partial charge is 0.264 e. The van der Waals surface area contributed by atoms with Crippen LogP contribution in [0.3, 0.4) is 0 Å². The number of carbonyl (C=O) groups is 1. The molecule has 6 nitrogen and oxygen atoms in total. The van der Waals surface area contributed by atoms with Gasteiger partial charge in [-0.25, -0.2) is 9.38 Å². The maximum absolute atomic E-state index is 13.0. The minimum absolute atomic E-state index is 0.280. The molecular weight excluding hydrogens is 371 g/mol. The van der Waals surface area contributed by atoms with Gasteiger partial charge < -0.3 is 19.5 Å². The first-order chi connectivity index (χ1) is 13.0. The van der Waals surface area contributed by atoms with Crippen LogP contribution in [0.1, 0.15) is 5.56 Å². The lowest BCUT2D eigenvalue weighted by molar-refractivity contribution is -0.115. The van der Waals surface area contributed by atoms with E-state index in [0.717, 1.165) is 0 Å². The van der Waals surface area contributed by atoms with Gasteiger partial charge in [0.2, 0.25) is 0 Å². The van der Waals surface area contributed by atoms with E-state index in [0.29, 0.717) is 38.6 Å². The van der Waals surface area contributed by atoms with Crippen molar-refractivity contribution in [3.63, 3.8) is 0 Å². The number of carbonyl (C=O) groups excluding carboxylic acids is 1. The summed E-state index contributed by atoms with van der Waals surface area (Å²) in [5, 5.41) is 3.11. The Morgan fingerprint density at radius 2 is 1.63 bits per heavy atom. The van der Waals surface area contributed by atoms with Crippen molar-refractivity contribution in [3.8, 4) is 17.2 Å². The molecule has 1 aliphatic heterocycles. The van der Waals surface area contributed by atoms with E-state index in [1.165, 1.54) is 57.4 Å². The van der Waals surface area contributed by atoms with Gasteiger partial charge in [-0.15, -0.1) is 0 Å². The number of nitrogens with zero attached hydrogens (tertiary/aromatic N) is 1. The number of hydrogen-bond donors (Lipinski definition) is 1. The molecule has 1 heterocycles. The van der Waals surface area contributed by atoms with Crippen molar-refractivity contribution in [1.29, 1.82) is 0 Å². The zero-order valence-corrected chi connectivity index (χ0v) is 15.7. The summed E-state index contributed by atoms with van der Waals surface area (Å²) in [5.74, 6) is 0.964. The molecule has 2 aromatic rings. The number of rotatable bonds is 5. The zero-order valence-electron chi connectivity index (χ0n) is 14.9. The van der Waals surface area contributed by atoms with Crippen LogP contribution >= 0.6 is 11.8 Å². The highest BCUT2D eigenvalue weighted by Crippen LogP contribution is 2.37. The van der Waals surface area contributed by atoms with Crippen LogP contribution in [0.4, 0.5) is 10.1 Å². The summed E-state index contributed by atoms with van der Waals surface area (Å²) >= 11 is 1.18. The van der Waals surface area contributed by atoms with E-state index in [-0.39, 0.29) is 11.7 Å². The molecule has 1 fully saturated rings. The molecule has 140 valence electrons. The lowest BCUT2D eigenvalue weighted by Crippen LogP contribution is -2.19. The minimum atomic E-state index is -0.344. The van der Waals surface area contributed by atoms with Crippen molar-refractivity contribution in [1.82, 2.24) is 5.32 Å². The van der Waals surface area contributed by atoms with E-state index in [1.807, 2.05) is 0 Å². The lowest BCUT2D eigenvalue weighted by atomic mass is 10.1. The molecule has 0 aromatic heterocycles. The van der Waals surface area contributed by atoms with Gasteiger partial charge in [0.05, 0.1) is 31.9 Å². The van der Waals surface area contributed by atoms with Crippen LogP contribution in [0.15, 0.2) is 46.3 Å². The summed E-state index contributed by atoms with van der Waals surface area (Å²) in [5.41, 5.74) is 1.21. The number of aliphatic imine (C=N–C) groups is 1. The van der Waals surface area contributed by atoms with Crippen LogP contribution in [-0.4, -0.2) is 32.4 Å². The quantitative estimate of drug-likeness (QED) is 0.790. The van der Waals surface area contributed by atoms with Gasteiger partial charge >= 0.3 is 0 Å². The third-order valence-corrected chi connectivity index (χ3v) is 4.64. The molecule has 1 N–H and O–H groups in total. The highest BCUT2D eigenvalue weighted by atomic mass is 32.2. The van der Waals surface area contributed by atoms with Crippen LogP contribution in [0.25, 0.3) is 6.08 Å². The SMILES string of the molecule is COc1cc(OC)c(OC)cc1/C=C1/SC(=Nc2ccc(F)cc2)NC1=O. The highest BCUT2D eigenvalue weighted by Gasteiger charge is 2.24. The first kappa shape index (κ1) is 18.8.